The molecule has 114 heavy (non-hydrogen) atoms. The monoisotopic (exact) mass is 1580 g/mol. The summed E-state index contributed by atoms with van der Waals surface area (Å²) in [6.45, 7) is 5.68. The van der Waals surface area contributed by atoms with Gasteiger partial charge in [0, 0.05) is 18.6 Å². The van der Waals surface area contributed by atoms with E-state index in [1.54, 1.807) is 197 Å². The van der Waals surface area contributed by atoms with Crippen LogP contribution < -0.4 is 0 Å². The summed E-state index contributed by atoms with van der Waals surface area (Å²) in [5.41, 5.74) is 10.4. The number of carbonyl (C=O) groups is 3. The topological polar surface area (TPSA) is 246 Å². The molecule has 6 aromatic carbocycles. The first-order valence-corrected chi connectivity index (χ1v) is 42.4. The maximum atomic E-state index is 14.3. The highest BCUT2D eigenvalue weighted by Crippen LogP contribution is 2.56. The highest BCUT2D eigenvalue weighted by Gasteiger charge is 2.55. The molecule has 0 unspecified atom stereocenters. The van der Waals surface area contributed by atoms with Gasteiger partial charge in [-0.1, -0.05) is 71.3 Å². The van der Waals surface area contributed by atoms with E-state index in [9.17, 15) is 52.8 Å². The molecule has 3 fully saturated rings. The predicted molar refractivity (Wildman–Crippen MR) is 427 cm³/mol. The van der Waals surface area contributed by atoms with Crippen molar-refractivity contribution in [3.8, 4) is 17.1 Å². The van der Waals surface area contributed by atoms with Gasteiger partial charge in [-0.15, -0.1) is 0 Å². The molecule has 0 N–H and O–H groups in total. The van der Waals surface area contributed by atoms with E-state index < -0.39 is 61.5 Å². The minimum atomic E-state index is -3.66. The number of pyridine rings is 3. The number of ketones is 3. The number of allylic oxidation sites excluding steroid dienone is 3. The average Bonchev–Trinajstić information content (AvgIpc) is 1.21. The molecule has 0 radical (unpaired) electrons. The summed E-state index contributed by atoms with van der Waals surface area (Å²) >= 11 is 0. The van der Waals surface area contributed by atoms with Gasteiger partial charge in [-0.2, -0.15) is 15.3 Å². The Kier molecular flexibility index (Phi) is 20.3. The molecule has 18 rings (SSSR count). The summed E-state index contributed by atoms with van der Waals surface area (Å²) < 4.78 is 128. The van der Waals surface area contributed by atoms with Crippen molar-refractivity contribution >= 4 is 65.1 Å². The van der Waals surface area contributed by atoms with Crippen molar-refractivity contribution < 1.29 is 52.8 Å². The number of hydrogen-bond acceptors (Lipinski definition) is 15. The van der Waals surface area contributed by atoms with Gasteiger partial charge in [-0.25, -0.2) is 52.5 Å². The van der Waals surface area contributed by atoms with Gasteiger partial charge in [0.1, 0.15) is 34.5 Å². The smallest absolute Gasteiger partial charge is 0.191 e. The zero-order chi connectivity index (χ0) is 79.5. The number of hydrogen-bond donors (Lipinski definition) is 0. The molecular weight excluding hydrogens is 1500 g/mol. The molecule has 0 saturated heterocycles. The fourth-order valence-electron chi connectivity index (χ4n) is 17.5. The molecule has 6 heterocycles. The first-order valence-electron chi connectivity index (χ1n) is 37.7. The minimum Gasteiger partial charge on any atom is -0.291 e. The van der Waals surface area contributed by atoms with Crippen LogP contribution in [0.4, 0.5) is 13.2 Å². The Balaban J connectivity index is 0.000000129. The summed E-state index contributed by atoms with van der Waals surface area (Å²) in [5, 5.41) is 11.5. The highest BCUT2D eigenvalue weighted by atomic mass is 32.2. The van der Waals surface area contributed by atoms with E-state index in [2.05, 4.69) is 30.2 Å². The Bertz CT molecular complexity index is 5980. The fraction of sp³-hybridized carbons (Fsp3) is 0.233. The van der Waals surface area contributed by atoms with Crippen molar-refractivity contribution in [2.45, 2.75) is 128 Å². The number of benzene rings is 6. The van der Waals surface area contributed by atoms with Gasteiger partial charge in [0.15, 0.2) is 46.9 Å². The van der Waals surface area contributed by atoms with Crippen molar-refractivity contribution in [2.75, 3.05) is 0 Å². The molecule has 0 aliphatic heterocycles. The van der Waals surface area contributed by atoms with Crippen LogP contribution in [0.3, 0.4) is 0 Å². The molecule has 6 atom stereocenters. The SMILES string of the molecule is Cc1cccc(S(=O)(=O)[C@H]2CCC3=Cc4c(cnn4-c4ccc(F)cc4)C[C@]3(C(=O)c3ccccn3)C2)c1.Cc1ccnc(C(=O)[C@]23Cc4cnn(-c5ccc(F)cc5)c4C=C2CC[C@@H](S(=O)(=O)c2ccccc2)C3)c1.Cc1ccnc(C(=O)[C@]23Cc4cnn(-c5ccc(F)cc5)c4C=C2CC[C@H](S(=O)(=O)c2ccccc2)C3)c1. The molecule has 0 bridgehead atoms. The second-order valence-electron chi connectivity index (χ2n) is 30.4. The van der Waals surface area contributed by atoms with Crippen molar-refractivity contribution in [2.24, 2.45) is 16.2 Å². The van der Waals surface area contributed by atoms with Crippen LogP contribution in [0.25, 0.3) is 35.3 Å². The number of rotatable bonds is 15. The Morgan fingerprint density at radius 1 is 0.360 bits per heavy atom. The predicted octanol–water partition coefficient (Wildman–Crippen LogP) is 16.7. The number of nitrogens with zero attached hydrogens (tertiary/aromatic N) is 9. The number of halogens is 3. The number of Topliss-reactive ketones (excluding diaryl/α,β-unsaturated/α-hetero) is 3. The van der Waals surface area contributed by atoms with Crippen LogP contribution in [0, 0.1) is 54.5 Å². The van der Waals surface area contributed by atoms with Crippen LogP contribution in [0.15, 0.2) is 269 Å². The minimum absolute atomic E-state index is 0.166. The average molecular weight is 1580 g/mol. The van der Waals surface area contributed by atoms with E-state index in [4.69, 9.17) is 0 Å². The summed E-state index contributed by atoms with van der Waals surface area (Å²) in [6.07, 6.45) is 20.0. The van der Waals surface area contributed by atoms with Crippen molar-refractivity contribution in [3.05, 3.63) is 339 Å². The third kappa shape index (κ3) is 14.1. The van der Waals surface area contributed by atoms with Gasteiger partial charge in [0.25, 0.3) is 0 Å². The largest absolute Gasteiger partial charge is 0.291 e. The van der Waals surface area contributed by atoms with Crippen LogP contribution in [-0.4, -0.2) is 103 Å². The second kappa shape index (κ2) is 30.3. The molecule has 3 saturated carbocycles. The third-order valence-corrected chi connectivity index (χ3v) is 29.9. The molecule has 6 aliphatic carbocycles. The van der Waals surface area contributed by atoms with E-state index in [1.807, 2.05) is 57.2 Å². The quantitative estimate of drug-likeness (QED) is 0.0866. The van der Waals surface area contributed by atoms with Gasteiger partial charge >= 0.3 is 0 Å². The number of aromatic nitrogens is 9. The first-order chi connectivity index (χ1) is 54.8. The van der Waals surface area contributed by atoms with Crippen LogP contribution >= 0.6 is 0 Å². The first kappa shape index (κ1) is 76.3. The normalized spacial score (nSPS) is 20.8. The van der Waals surface area contributed by atoms with Gasteiger partial charge < -0.3 is 0 Å². The Labute approximate surface area is 658 Å². The standard InChI is InChI=1S/3C30H26FN3O3S/c1-20-5-4-6-25(15-20)38(36,37)26-13-8-22-16-28-21(19-33-34(28)24-11-9-23(31)10-12-24)17-30(22,18-26)29(35)27-7-2-3-14-32-27;2*1-20-13-14-32-27(15-20)29(35)30-17-21-19-33-34(24-10-8-23(31)9-11-24)28(21)16-22(30)7-12-26(18-30)38(36,37)25-5-3-2-4-6-25/h2-7,9-12,14-16,19,26H,8,13,17-18H2,1H3;2*2-6,8-11,13-16,19,26H,7,12,17-18H2,1H3/t26-,30-;26-,30+;26-,30-/m010/s1. The zero-order valence-electron chi connectivity index (χ0n) is 62.5. The molecule has 0 amide bonds. The molecule has 576 valence electrons. The number of aryl methyl sites for hydroxylation is 3. The fourth-order valence-corrected chi connectivity index (χ4v) is 23.1. The maximum absolute atomic E-state index is 14.3. The van der Waals surface area contributed by atoms with Crippen LogP contribution in [-0.2, 0) is 48.8 Å². The molecule has 6 aromatic heterocycles. The number of fused-ring (bicyclic) bond motifs is 6. The number of sulfone groups is 3. The van der Waals surface area contributed by atoms with Gasteiger partial charge in [0.2, 0.25) is 0 Å². The highest BCUT2D eigenvalue weighted by molar-refractivity contribution is 7.92. The molecule has 0 spiro atoms. The van der Waals surface area contributed by atoms with E-state index in [0.29, 0.717) is 91.9 Å². The van der Waals surface area contributed by atoms with Gasteiger partial charge in [-0.05, 0) is 295 Å². The second-order valence-corrected chi connectivity index (χ2v) is 37.1. The molecule has 12 aromatic rings. The molecule has 6 aliphatic rings. The lowest BCUT2D eigenvalue weighted by Crippen LogP contribution is -2.45. The molecule has 24 heteroatoms. The van der Waals surface area contributed by atoms with Crippen molar-refractivity contribution in [3.63, 3.8) is 0 Å². The van der Waals surface area contributed by atoms with Crippen molar-refractivity contribution in [1.82, 2.24) is 44.3 Å². The summed E-state index contributed by atoms with van der Waals surface area (Å²) in [5.74, 6) is -1.50. The Morgan fingerprint density at radius 3 is 1.03 bits per heavy atom. The third-order valence-electron chi connectivity index (χ3n) is 23.3. The van der Waals surface area contributed by atoms with Gasteiger partial charge in [-0.3, -0.25) is 29.3 Å². The van der Waals surface area contributed by atoms with E-state index in [0.717, 1.165) is 67.2 Å². The molecule has 18 nitrogen and oxygen atoms in total. The van der Waals surface area contributed by atoms with E-state index in [1.165, 1.54) is 36.4 Å². The van der Waals surface area contributed by atoms with Crippen LogP contribution in [0.1, 0.15) is 140 Å². The van der Waals surface area contributed by atoms with Crippen LogP contribution in [0.5, 0.6) is 0 Å². The van der Waals surface area contributed by atoms with E-state index >= 15 is 0 Å². The summed E-state index contributed by atoms with van der Waals surface area (Å²) in [7, 11) is -11.0. The Hall–Kier alpha value is -11.7. The number of carbonyl (C=O) groups excluding carboxylic acids is 3. The summed E-state index contributed by atoms with van der Waals surface area (Å²) in [6, 6.07) is 54.5. The zero-order valence-corrected chi connectivity index (χ0v) is 65.0. The lowest BCUT2D eigenvalue weighted by molar-refractivity contribution is 0.0790. The Morgan fingerprint density at radius 2 is 0.684 bits per heavy atom. The van der Waals surface area contributed by atoms with Gasteiger partial charge in [0.05, 0.1) is 99.4 Å². The van der Waals surface area contributed by atoms with Crippen molar-refractivity contribution in [1.29, 1.82) is 0 Å². The lowest BCUT2D eigenvalue weighted by atomic mass is 9.61. The molecular formula is C90H78F3N9O9S3. The van der Waals surface area contributed by atoms with Crippen LogP contribution in [0.2, 0.25) is 0 Å². The lowest BCUT2D eigenvalue weighted by Gasteiger charge is -2.43. The van der Waals surface area contributed by atoms with E-state index in [-0.39, 0.29) is 68.8 Å². The summed E-state index contributed by atoms with van der Waals surface area (Å²) in [4.78, 5) is 56.6. The maximum Gasteiger partial charge on any atom is 0.191 e.